The van der Waals surface area contributed by atoms with Crippen LogP contribution in [0, 0.1) is 6.92 Å². The van der Waals surface area contributed by atoms with Gasteiger partial charge in [-0.3, -0.25) is 0 Å². The Labute approximate surface area is 122 Å². The smallest absolute Gasteiger partial charge is 0.227 e. The number of benzene rings is 1. The lowest BCUT2D eigenvalue weighted by atomic mass is 10.1. The number of hydrogen-bond acceptors (Lipinski definition) is 2. The number of aryl methyl sites for hydroxylation is 2. The highest BCUT2D eigenvalue weighted by molar-refractivity contribution is 6.04. The fourth-order valence-corrected chi connectivity index (χ4v) is 2.80. The highest BCUT2D eigenvalue weighted by Crippen LogP contribution is 2.31. The van der Waals surface area contributed by atoms with Gasteiger partial charge in [-0.1, -0.05) is 18.2 Å². The number of hydrogen-bond donors (Lipinski definition) is 0. The van der Waals surface area contributed by atoms with Crippen molar-refractivity contribution in [2.45, 2.75) is 6.92 Å². The third kappa shape index (κ3) is 1.82. The summed E-state index contributed by atoms with van der Waals surface area (Å²) in [5, 5.41) is 2.18. The van der Waals surface area contributed by atoms with Gasteiger partial charge >= 0.3 is 0 Å². The predicted molar refractivity (Wildman–Crippen MR) is 82.9 cm³/mol. The Morgan fingerprint density at radius 1 is 1.00 bits per heavy atom. The van der Waals surface area contributed by atoms with E-state index in [9.17, 15) is 0 Å². The molecule has 4 rings (SSSR count). The summed E-state index contributed by atoms with van der Waals surface area (Å²) in [5.74, 6) is 0. The topological polar surface area (TPSA) is 29.9 Å². The molecule has 0 atom stereocenters. The minimum absolute atomic E-state index is 0.705. The molecule has 0 aliphatic heterocycles. The first-order valence-electron chi connectivity index (χ1n) is 6.98. The molecule has 21 heavy (non-hydrogen) atoms. The molecule has 3 heteroatoms. The van der Waals surface area contributed by atoms with Crippen LogP contribution >= 0.6 is 0 Å². The van der Waals surface area contributed by atoms with E-state index in [1.54, 1.807) is 0 Å². The molecule has 3 aromatic heterocycles. The quantitative estimate of drug-likeness (QED) is 0.495. The molecule has 3 heterocycles. The van der Waals surface area contributed by atoms with Crippen molar-refractivity contribution >= 4 is 22.1 Å². The Hall–Kier alpha value is -2.68. The molecule has 0 N–H and O–H groups in total. The minimum Gasteiger partial charge on any atom is -0.438 e. The van der Waals surface area contributed by atoms with Gasteiger partial charge in [0.15, 0.2) is 6.20 Å². The lowest BCUT2D eigenvalue weighted by Crippen LogP contribution is -2.30. The predicted octanol–water partition coefficient (Wildman–Crippen LogP) is 3.78. The van der Waals surface area contributed by atoms with Crippen molar-refractivity contribution in [2.24, 2.45) is 7.05 Å². The van der Waals surface area contributed by atoms with Crippen LogP contribution in [-0.4, -0.2) is 4.98 Å². The average molecular weight is 275 g/mol. The van der Waals surface area contributed by atoms with Crippen molar-refractivity contribution in [1.29, 1.82) is 0 Å². The Bertz CT molecular complexity index is 969. The highest BCUT2D eigenvalue weighted by Gasteiger charge is 2.16. The van der Waals surface area contributed by atoms with E-state index < -0.39 is 0 Å². The maximum absolute atomic E-state index is 5.84. The van der Waals surface area contributed by atoms with E-state index in [1.807, 2.05) is 50.5 Å². The van der Waals surface area contributed by atoms with Crippen LogP contribution in [0.15, 0.2) is 59.1 Å². The summed E-state index contributed by atoms with van der Waals surface area (Å²) in [6.45, 7) is 2.02. The van der Waals surface area contributed by atoms with E-state index in [0.29, 0.717) is 5.71 Å². The second kappa shape index (κ2) is 4.42. The molecule has 0 fully saturated rings. The summed E-state index contributed by atoms with van der Waals surface area (Å²) in [6.07, 6.45) is 2.05. The number of fused-ring (bicyclic) bond motifs is 3. The molecular weight excluding hydrogens is 260 g/mol. The summed E-state index contributed by atoms with van der Waals surface area (Å²) in [7, 11) is 2.05. The molecule has 0 bridgehead atoms. The SMILES string of the molecule is Cc1nc2oc3ccccc3c2cc1-c1cccc[n+]1C. The summed E-state index contributed by atoms with van der Waals surface area (Å²) in [5.41, 5.74) is 4.85. The van der Waals surface area contributed by atoms with Crippen LogP contribution in [0.25, 0.3) is 33.3 Å². The van der Waals surface area contributed by atoms with Crippen LogP contribution < -0.4 is 4.57 Å². The molecular formula is C18H15N2O+. The van der Waals surface area contributed by atoms with Crippen molar-refractivity contribution in [1.82, 2.24) is 4.98 Å². The number of furan rings is 1. The molecule has 4 aromatic rings. The molecule has 0 unspecified atom stereocenters. The van der Waals surface area contributed by atoms with Crippen LogP contribution in [0.4, 0.5) is 0 Å². The number of para-hydroxylation sites is 1. The molecule has 0 radical (unpaired) electrons. The van der Waals surface area contributed by atoms with Gasteiger partial charge in [-0.15, -0.1) is 0 Å². The largest absolute Gasteiger partial charge is 0.438 e. The summed E-state index contributed by atoms with van der Waals surface area (Å²) < 4.78 is 7.95. The Balaban J connectivity index is 2.08. The van der Waals surface area contributed by atoms with Crippen molar-refractivity contribution < 1.29 is 8.98 Å². The molecule has 0 saturated heterocycles. The lowest BCUT2D eigenvalue weighted by Gasteiger charge is -2.03. The molecule has 0 aliphatic rings. The molecule has 1 aromatic carbocycles. The standard InChI is InChI=1S/C18H15N2O/c1-12-14(16-8-5-6-10-20(16)2)11-15-13-7-3-4-9-17(13)21-18(15)19-12/h3-11H,1-2H3/q+1. The fraction of sp³-hybridized carbons (Fsp3) is 0.111. The lowest BCUT2D eigenvalue weighted by molar-refractivity contribution is -0.660. The van der Waals surface area contributed by atoms with Crippen LogP contribution in [0.1, 0.15) is 5.69 Å². The van der Waals surface area contributed by atoms with Crippen molar-refractivity contribution in [3.05, 3.63) is 60.4 Å². The zero-order valence-electron chi connectivity index (χ0n) is 12.0. The average Bonchev–Trinajstić information content (AvgIpc) is 2.84. The van der Waals surface area contributed by atoms with Gasteiger partial charge < -0.3 is 4.42 Å². The normalized spacial score (nSPS) is 11.3. The zero-order chi connectivity index (χ0) is 14.4. The Morgan fingerprint density at radius 3 is 2.67 bits per heavy atom. The van der Waals surface area contributed by atoms with Gasteiger partial charge in [-0.2, -0.15) is 0 Å². The third-order valence-corrected chi connectivity index (χ3v) is 3.89. The first-order chi connectivity index (χ1) is 10.2. The number of nitrogens with zero attached hydrogens (tertiary/aromatic N) is 2. The zero-order valence-corrected chi connectivity index (χ0v) is 12.0. The van der Waals surface area contributed by atoms with Gasteiger partial charge in [0.2, 0.25) is 11.4 Å². The van der Waals surface area contributed by atoms with E-state index in [2.05, 4.69) is 27.8 Å². The summed E-state index contributed by atoms with van der Waals surface area (Å²) >= 11 is 0. The molecule has 0 amide bonds. The van der Waals surface area contributed by atoms with E-state index in [4.69, 9.17) is 4.42 Å². The minimum atomic E-state index is 0.705. The van der Waals surface area contributed by atoms with Crippen LogP contribution in [-0.2, 0) is 7.05 Å². The van der Waals surface area contributed by atoms with Crippen molar-refractivity contribution in [3.63, 3.8) is 0 Å². The number of aromatic nitrogens is 2. The molecule has 0 aliphatic carbocycles. The molecule has 0 saturated carbocycles. The van der Waals surface area contributed by atoms with E-state index in [1.165, 1.54) is 0 Å². The second-order valence-electron chi connectivity index (χ2n) is 5.27. The van der Waals surface area contributed by atoms with Crippen LogP contribution in [0.5, 0.6) is 0 Å². The highest BCUT2D eigenvalue weighted by atomic mass is 16.3. The van der Waals surface area contributed by atoms with Crippen molar-refractivity contribution in [2.75, 3.05) is 0 Å². The Morgan fingerprint density at radius 2 is 1.81 bits per heavy atom. The van der Waals surface area contributed by atoms with Gasteiger partial charge in [0.25, 0.3) is 0 Å². The second-order valence-corrected chi connectivity index (χ2v) is 5.27. The van der Waals surface area contributed by atoms with Crippen LogP contribution in [0.2, 0.25) is 0 Å². The Kier molecular flexibility index (Phi) is 2.54. The first kappa shape index (κ1) is 12.1. The monoisotopic (exact) mass is 275 g/mol. The maximum Gasteiger partial charge on any atom is 0.227 e. The molecule has 102 valence electrons. The number of rotatable bonds is 1. The van der Waals surface area contributed by atoms with Gasteiger partial charge in [0.1, 0.15) is 12.6 Å². The van der Waals surface area contributed by atoms with Gasteiger partial charge in [-0.05, 0) is 25.1 Å². The van der Waals surface area contributed by atoms with E-state index in [0.717, 1.165) is 33.3 Å². The van der Waals surface area contributed by atoms with E-state index >= 15 is 0 Å². The third-order valence-electron chi connectivity index (χ3n) is 3.89. The summed E-state index contributed by atoms with van der Waals surface area (Å²) in [6, 6.07) is 16.4. The maximum atomic E-state index is 5.84. The summed E-state index contributed by atoms with van der Waals surface area (Å²) in [4.78, 5) is 4.65. The van der Waals surface area contributed by atoms with Gasteiger partial charge in [-0.25, -0.2) is 9.55 Å². The van der Waals surface area contributed by atoms with Crippen molar-refractivity contribution in [3.8, 4) is 11.3 Å². The van der Waals surface area contributed by atoms with E-state index in [-0.39, 0.29) is 0 Å². The first-order valence-corrected chi connectivity index (χ1v) is 6.98. The molecule has 3 nitrogen and oxygen atoms in total. The van der Waals surface area contributed by atoms with Gasteiger partial charge in [0.05, 0.1) is 11.3 Å². The van der Waals surface area contributed by atoms with Gasteiger partial charge in [0, 0.05) is 22.9 Å². The molecule has 0 spiro atoms. The van der Waals surface area contributed by atoms with Crippen LogP contribution in [0.3, 0.4) is 0 Å². The fourth-order valence-electron chi connectivity index (χ4n) is 2.80. The number of pyridine rings is 2.